The number of hydrogen-bond acceptors (Lipinski definition) is 4. The summed E-state index contributed by atoms with van der Waals surface area (Å²) in [5.41, 5.74) is 1.43. The number of carbonyl (C=O) groups is 2. The lowest BCUT2D eigenvalue weighted by Gasteiger charge is -2.36. The van der Waals surface area contributed by atoms with Gasteiger partial charge in [0.05, 0.1) is 12.8 Å². The Balaban J connectivity index is 1.65. The lowest BCUT2D eigenvalue weighted by Crippen LogP contribution is -2.49. The van der Waals surface area contributed by atoms with Crippen LogP contribution < -0.4 is 9.64 Å². The van der Waals surface area contributed by atoms with Crippen LogP contribution >= 0.6 is 0 Å². The molecule has 6 heteroatoms. The highest BCUT2D eigenvalue weighted by Gasteiger charge is 2.24. The fourth-order valence-corrected chi connectivity index (χ4v) is 3.05. The van der Waals surface area contributed by atoms with Crippen LogP contribution in [0.1, 0.15) is 27.6 Å². The molecule has 1 aliphatic heterocycles. The average Bonchev–Trinajstić information content (AvgIpc) is 2.67. The van der Waals surface area contributed by atoms with Gasteiger partial charge in [0.25, 0.3) is 5.91 Å². The molecule has 1 saturated heterocycles. The molecule has 0 N–H and O–H groups in total. The predicted molar refractivity (Wildman–Crippen MR) is 97.5 cm³/mol. The third-order valence-corrected chi connectivity index (χ3v) is 4.60. The number of anilines is 1. The van der Waals surface area contributed by atoms with E-state index >= 15 is 0 Å². The second-order valence-electron chi connectivity index (χ2n) is 6.23. The van der Waals surface area contributed by atoms with Crippen molar-refractivity contribution >= 4 is 17.4 Å². The van der Waals surface area contributed by atoms with Gasteiger partial charge in [-0.25, -0.2) is 4.39 Å². The molecule has 1 aliphatic rings. The molecule has 26 heavy (non-hydrogen) atoms. The molecule has 0 atom stereocenters. The van der Waals surface area contributed by atoms with Gasteiger partial charge in [-0.2, -0.15) is 0 Å². The molecule has 2 aromatic rings. The van der Waals surface area contributed by atoms with Crippen LogP contribution in [0.2, 0.25) is 0 Å². The molecule has 0 aromatic heterocycles. The van der Waals surface area contributed by atoms with Gasteiger partial charge in [0.2, 0.25) is 0 Å². The first kappa shape index (κ1) is 17.9. The maximum absolute atomic E-state index is 14.3. The second kappa shape index (κ2) is 7.56. The molecule has 0 radical (unpaired) electrons. The van der Waals surface area contributed by atoms with E-state index in [0.29, 0.717) is 48.7 Å². The minimum absolute atomic E-state index is 0.0419. The lowest BCUT2D eigenvalue weighted by atomic mass is 10.1. The number of ketones is 1. The zero-order valence-electron chi connectivity index (χ0n) is 14.9. The van der Waals surface area contributed by atoms with Crippen molar-refractivity contribution in [1.29, 1.82) is 0 Å². The summed E-state index contributed by atoms with van der Waals surface area (Å²) in [5.74, 6) is 0.0912. The van der Waals surface area contributed by atoms with E-state index in [2.05, 4.69) is 0 Å². The van der Waals surface area contributed by atoms with E-state index < -0.39 is 5.82 Å². The molecule has 5 nitrogen and oxygen atoms in total. The minimum Gasteiger partial charge on any atom is -0.497 e. The number of hydrogen-bond donors (Lipinski definition) is 0. The van der Waals surface area contributed by atoms with Crippen molar-refractivity contribution in [2.75, 3.05) is 38.2 Å². The van der Waals surface area contributed by atoms with Crippen LogP contribution in [0.4, 0.5) is 10.1 Å². The smallest absolute Gasteiger partial charge is 0.253 e. The van der Waals surface area contributed by atoms with Gasteiger partial charge in [-0.1, -0.05) is 0 Å². The van der Waals surface area contributed by atoms with Gasteiger partial charge >= 0.3 is 0 Å². The topological polar surface area (TPSA) is 49.9 Å². The number of carbonyl (C=O) groups excluding carboxylic acids is 2. The summed E-state index contributed by atoms with van der Waals surface area (Å²) in [4.78, 5) is 27.6. The van der Waals surface area contributed by atoms with Crippen molar-refractivity contribution in [1.82, 2.24) is 4.90 Å². The van der Waals surface area contributed by atoms with Crippen LogP contribution in [0.15, 0.2) is 42.5 Å². The molecule has 0 saturated carbocycles. The summed E-state index contributed by atoms with van der Waals surface area (Å²) >= 11 is 0. The highest BCUT2D eigenvalue weighted by Crippen LogP contribution is 2.23. The summed E-state index contributed by atoms with van der Waals surface area (Å²) in [6.07, 6.45) is 0. The summed E-state index contributed by atoms with van der Waals surface area (Å²) < 4.78 is 19.4. The molecule has 136 valence electrons. The van der Waals surface area contributed by atoms with Crippen molar-refractivity contribution in [2.24, 2.45) is 0 Å². The number of rotatable bonds is 4. The Morgan fingerprint density at radius 2 is 1.58 bits per heavy atom. The standard InChI is InChI=1S/C20H21FN2O3/c1-14(24)16-5-8-19(18(21)13-16)22-9-11-23(12-10-22)20(25)15-3-6-17(26-2)7-4-15/h3-8,13H,9-12H2,1-2H3. The fraction of sp³-hybridized carbons (Fsp3) is 0.300. The van der Waals surface area contributed by atoms with E-state index in [1.165, 1.54) is 13.0 Å². The fourth-order valence-electron chi connectivity index (χ4n) is 3.05. The monoisotopic (exact) mass is 356 g/mol. The Hall–Kier alpha value is -2.89. The Bertz CT molecular complexity index is 812. The van der Waals surface area contributed by atoms with Gasteiger partial charge in [-0.15, -0.1) is 0 Å². The third kappa shape index (κ3) is 3.69. The Kier molecular flexibility index (Phi) is 5.21. The van der Waals surface area contributed by atoms with Crippen LogP contribution in [0.5, 0.6) is 5.75 Å². The number of benzene rings is 2. The van der Waals surface area contributed by atoms with E-state index in [9.17, 15) is 14.0 Å². The average molecular weight is 356 g/mol. The van der Waals surface area contributed by atoms with Crippen molar-refractivity contribution in [3.63, 3.8) is 0 Å². The lowest BCUT2D eigenvalue weighted by molar-refractivity contribution is 0.0746. The van der Waals surface area contributed by atoms with Crippen LogP contribution in [0.3, 0.4) is 0 Å². The van der Waals surface area contributed by atoms with E-state index in [4.69, 9.17) is 4.74 Å². The molecule has 1 fully saturated rings. The number of Topliss-reactive ketones (excluding diaryl/α,β-unsaturated/α-hetero) is 1. The second-order valence-corrected chi connectivity index (χ2v) is 6.23. The molecule has 0 unspecified atom stereocenters. The van der Waals surface area contributed by atoms with E-state index in [1.807, 2.05) is 4.90 Å². The molecule has 0 aliphatic carbocycles. The van der Waals surface area contributed by atoms with Crippen LogP contribution in [0.25, 0.3) is 0 Å². The van der Waals surface area contributed by atoms with E-state index in [1.54, 1.807) is 48.4 Å². The van der Waals surface area contributed by atoms with Crippen molar-refractivity contribution in [3.05, 3.63) is 59.4 Å². The maximum atomic E-state index is 14.3. The highest BCUT2D eigenvalue weighted by molar-refractivity contribution is 5.95. The Morgan fingerprint density at radius 1 is 0.962 bits per heavy atom. The SMILES string of the molecule is COc1ccc(C(=O)N2CCN(c3ccc(C(C)=O)cc3F)CC2)cc1. The Labute approximate surface area is 152 Å². The summed E-state index contributed by atoms with van der Waals surface area (Å²) in [6, 6.07) is 11.5. The van der Waals surface area contributed by atoms with E-state index in [-0.39, 0.29) is 11.7 Å². The molecule has 3 rings (SSSR count). The Morgan fingerprint density at radius 3 is 2.12 bits per heavy atom. The third-order valence-electron chi connectivity index (χ3n) is 4.60. The zero-order valence-corrected chi connectivity index (χ0v) is 14.9. The summed E-state index contributed by atoms with van der Waals surface area (Å²) in [6.45, 7) is 3.52. The quantitative estimate of drug-likeness (QED) is 0.791. The number of nitrogens with zero attached hydrogens (tertiary/aromatic N) is 2. The van der Waals surface area contributed by atoms with Crippen molar-refractivity contribution in [2.45, 2.75) is 6.92 Å². The maximum Gasteiger partial charge on any atom is 0.253 e. The van der Waals surface area contributed by atoms with Crippen LogP contribution in [-0.2, 0) is 0 Å². The van der Waals surface area contributed by atoms with Gasteiger partial charge in [-0.3, -0.25) is 9.59 Å². The van der Waals surface area contributed by atoms with Crippen LogP contribution in [-0.4, -0.2) is 49.9 Å². The molecule has 1 heterocycles. The molecule has 0 spiro atoms. The van der Waals surface area contributed by atoms with Gasteiger partial charge < -0.3 is 14.5 Å². The van der Waals surface area contributed by atoms with Crippen LogP contribution in [0, 0.1) is 5.82 Å². The number of amides is 1. The first-order valence-electron chi connectivity index (χ1n) is 8.48. The number of ether oxygens (including phenoxy) is 1. The normalized spacial score (nSPS) is 14.3. The van der Waals surface area contributed by atoms with Crippen molar-refractivity contribution in [3.8, 4) is 5.75 Å². The molecule has 0 bridgehead atoms. The van der Waals surface area contributed by atoms with Gasteiger partial charge in [0.1, 0.15) is 11.6 Å². The van der Waals surface area contributed by atoms with Gasteiger partial charge in [0, 0.05) is 37.3 Å². The largest absolute Gasteiger partial charge is 0.497 e. The van der Waals surface area contributed by atoms with Gasteiger partial charge in [0.15, 0.2) is 5.78 Å². The summed E-state index contributed by atoms with van der Waals surface area (Å²) in [5, 5.41) is 0. The minimum atomic E-state index is -0.410. The van der Waals surface area contributed by atoms with Gasteiger partial charge in [-0.05, 0) is 49.4 Å². The zero-order chi connectivity index (χ0) is 18.7. The number of methoxy groups -OCH3 is 1. The van der Waals surface area contributed by atoms with E-state index in [0.717, 1.165) is 0 Å². The summed E-state index contributed by atoms with van der Waals surface area (Å²) in [7, 11) is 1.58. The molecular weight excluding hydrogens is 335 g/mol. The predicted octanol–water partition coefficient (Wildman–Crippen LogP) is 3.00. The number of halogens is 1. The number of piperazine rings is 1. The highest BCUT2D eigenvalue weighted by atomic mass is 19.1. The van der Waals surface area contributed by atoms with Crippen molar-refractivity contribution < 1.29 is 18.7 Å². The molecule has 2 aromatic carbocycles. The first-order valence-corrected chi connectivity index (χ1v) is 8.48. The molecule has 1 amide bonds. The first-order chi connectivity index (χ1) is 12.5. The molecular formula is C20H21FN2O3.